The Morgan fingerprint density at radius 3 is 2.84 bits per heavy atom. The molecule has 0 fully saturated rings. The van der Waals surface area contributed by atoms with Gasteiger partial charge in [-0.2, -0.15) is 5.10 Å². The van der Waals surface area contributed by atoms with Crippen LogP contribution in [-0.2, 0) is 6.42 Å². The van der Waals surface area contributed by atoms with Gasteiger partial charge in [0.25, 0.3) is 5.91 Å². The van der Waals surface area contributed by atoms with Gasteiger partial charge in [-0.05, 0) is 18.1 Å². The molecule has 0 bridgehead atoms. The third-order valence-corrected chi connectivity index (χ3v) is 3.16. The van der Waals surface area contributed by atoms with Crippen molar-refractivity contribution in [2.45, 2.75) is 6.42 Å². The largest absolute Gasteiger partial charge is 0.477 e. The Bertz CT molecular complexity index is 663. The SMILES string of the molecule is O=C(O)c1cc(C(=O)N2CCc3ccccc32)n[nH]1. The summed E-state index contributed by atoms with van der Waals surface area (Å²) in [5.41, 5.74) is 2.02. The number of aromatic nitrogens is 2. The number of anilines is 1. The summed E-state index contributed by atoms with van der Waals surface area (Å²) in [4.78, 5) is 24.7. The third-order valence-electron chi connectivity index (χ3n) is 3.16. The molecule has 96 valence electrons. The molecule has 0 saturated heterocycles. The smallest absolute Gasteiger partial charge is 0.353 e. The number of para-hydroxylation sites is 1. The Kier molecular flexibility index (Phi) is 2.56. The van der Waals surface area contributed by atoms with Crippen LogP contribution in [0.2, 0.25) is 0 Å². The van der Waals surface area contributed by atoms with Gasteiger partial charge in [0.1, 0.15) is 5.69 Å². The fourth-order valence-corrected chi connectivity index (χ4v) is 2.23. The van der Waals surface area contributed by atoms with Gasteiger partial charge < -0.3 is 10.0 Å². The van der Waals surface area contributed by atoms with Crippen molar-refractivity contribution in [3.05, 3.63) is 47.3 Å². The van der Waals surface area contributed by atoms with E-state index < -0.39 is 5.97 Å². The Morgan fingerprint density at radius 1 is 1.32 bits per heavy atom. The number of amides is 1. The summed E-state index contributed by atoms with van der Waals surface area (Å²) in [7, 11) is 0. The van der Waals surface area contributed by atoms with Crippen LogP contribution >= 0.6 is 0 Å². The molecule has 1 aromatic heterocycles. The van der Waals surface area contributed by atoms with Crippen LogP contribution in [0.4, 0.5) is 5.69 Å². The highest BCUT2D eigenvalue weighted by atomic mass is 16.4. The molecule has 0 unspecified atom stereocenters. The van der Waals surface area contributed by atoms with E-state index in [1.807, 2.05) is 24.3 Å². The van der Waals surface area contributed by atoms with Crippen molar-refractivity contribution in [1.82, 2.24) is 10.2 Å². The number of nitrogens with zero attached hydrogens (tertiary/aromatic N) is 2. The minimum Gasteiger partial charge on any atom is -0.477 e. The second-order valence-electron chi connectivity index (χ2n) is 4.31. The number of hydrogen-bond acceptors (Lipinski definition) is 3. The Hall–Kier alpha value is -2.63. The number of H-pyrrole nitrogens is 1. The number of aromatic carboxylic acids is 1. The normalized spacial score (nSPS) is 13.4. The maximum Gasteiger partial charge on any atom is 0.353 e. The Balaban J connectivity index is 1.91. The molecule has 0 aliphatic carbocycles. The van der Waals surface area contributed by atoms with Crippen LogP contribution < -0.4 is 4.90 Å². The molecule has 2 heterocycles. The molecule has 0 atom stereocenters. The van der Waals surface area contributed by atoms with E-state index >= 15 is 0 Å². The lowest BCUT2D eigenvalue weighted by Gasteiger charge is -2.15. The van der Waals surface area contributed by atoms with Gasteiger partial charge in [-0.1, -0.05) is 18.2 Å². The number of rotatable bonds is 2. The summed E-state index contributed by atoms with van der Waals surface area (Å²) < 4.78 is 0. The summed E-state index contributed by atoms with van der Waals surface area (Å²) >= 11 is 0. The fourth-order valence-electron chi connectivity index (χ4n) is 2.23. The van der Waals surface area contributed by atoms with Crippen LogP contribution in [-0.4, -0.2) is 33.7 Å². The summed E-state index contributed by atoms with van der Waals surface area (Å²) in [6.07, 6.45) is 0.804. The van der Waals surface area contributed by atoms with Crippen molar-refractivity contribution >= 4 is 17.6 Å². The predicted octanol–water partition coefficient (Wildman–Crippen LogP) is 1.31. The molecule has 1 aromatic carbocycles. The van der Waals surface area contributed by atoms with Crippen LogP contribution in [0.1, 0.15) is 26.5 Å². The highest BCUT2D eigenvalue weighted by Crippen LogP contribution is 2.28. The first-order chi connectivity index (χ1) is 9.16. The van der Waals surface area contributed by atoms with Gasteiger partial charge in [-0.25, -0.2) is 4.79 Å². The van der Waals surface area contributed by atoms with Crippen LogP contribution in [0.5, 0.6) is 0 Å². The molecular formula is C13H11N3O3. The number of hydrogen-bond donors (Lipinski definition) is 2. The second-order valence-corrected chi connectivity index (χ2v) is 4.31. The average Bonchev–Trinajstić information content (AvgIpc) is 3.05. The maximum atomic E-state index is 12.3. The molecule has 6 heteroatoms. The Morgan fingerprint density at radius 2 is 2.11 bits per heavy atom. The number of carbonyl (C=O) groups is 2. The van der Waals surface area contributed by atoms with E-state index in [2.05, 4.69) is 10.2 Å². The minimum absolute atomic E-state index is 0.0872. The Labute approximate surface area is 108 Å². The zero-order valence-corrected chi connectivity index (χ0v) is 9.96. The van der Waals surface area contributed by atoms with E-state index in [0.717, 1.165) is 17.7 Å². The summed E-state index contributed by atoms with van der Waals surface area (Å²) in [5.74, 6) is -1.41. The van der Waals surface area contributed by atoms with Crippen molar-refractivity contribution in [3.8, 4) is 0 Å². The first kappa shape index (κ1) is 11.5. The van der Waals surface area contributed by atoms with E-state index in [1.165, 1.54) is 6.07 Å². The van der Waals surface area contributed by atoms with Gasteiger partial charge in [0.2, 0.25) is 0 Å². The van der Waals surface area contributed by atoms with E-state index in [0.29, 0.717) is 6.54 Å². The second kappa shape index (κ2) is 4.24. The number of carboxylic acid groups (broad SMARTS) is 1. The lowest BCUT2D eigenvalue weighted by Crippen LogP contribution is -2.29. The van der Waals surface area contributed by atoms with E-state index in [1.54, 1.807) is 4.90 Å². The molecule has 19 heavy (non-hydrogen) atoms. The van der Waals surface area contributed by atoms with Gasteiger partial charge in [0.05, 0.1) is 0 Å². The summed E-state index contributed by atoms with van der Waals surface area (Å²) in [6.45, 7) is 0.591. The number of nitrogens with one attached hydrogen (secondary N) is 1. The lowest BCUT2D eigenvalue weighted by molar-refractivity contribution is 0.0690. The fraction of sp³-hybridized carbons (Fsp3) is 0.154. The molecule has 1 aliphatic rings. The van der Waals surface area contributed by atoms with Gasteiger partial charge in [0, 0.05) is 18.3 Å². The number of benzene rings is 1. The highest BCUT2D eigenvalue weighted by Gasteiger charge is 2.27. The molecule has 1 amide bonds. The van der Waals surface area contributed by atoms with Crippen molar-refractivity contribution < 1.29 is 14.7 Å². The molecule has 0 radical (unpaired) electrons. The number of carboxylic acids is 1. The monoisotopic (exact) mass is 257 g/mol. The van der Waals surface area contributed by atoms with E-state index in [4.69, 9.17) is 5.11 Å². The molecule has 1 aliphatic heterocycles. The van der Waals surface area contributed by atoms with Crippen molar-refractivity contribution in [1.29, 1.82) is 0 Å². The maximum absolute atomic E-state index is 12.3. The topological polar surface area (TPSA) is 86.3 Å². The van der Waals surface area contributed by atoms with Crippen LogP contribution in [0.3, 0.4) is 0 Å². The molecule has 0 saturated carbocycles. The van der Waals surface area contributed by atoms with Crippen LogP contribution in [0, 0.1) is 0 Å². The highest BCUT2D eigenvalue weighted by molar-refractivity contribution is 6.06. The van der Waals surface area contributed by atoms with E-state index in [-0.39, 0.29) is 17.3 Å². The quantitative estimate of drug-likeness (QED) is 0.849. The third kappa shape index (κ3) is 1.87. The minimum atomic E-state index is -1.13. The molecular weight excluding hydrogens is 246 g/mol. The van der Waals surface area contributed by atoms with Gasteiger partial charge >= 0.3 is 5.97 Å². The van der Waals surface area contributed by atoms with Crippen LogP contribution in [0.25, 0.3) is 0 Å². The summed E-state index contributed by atoms with van der Waals surface area (Å²) in [5, 5.41) is 14.9. The van der Waals surface area contributed by atoms with Gasteiger partial charge in [-0.3, -0.25) is 9.89 Å². The zero-order valence-electron chi connectivity index (χ0n) is 9.96. The van der Waals surface area contributed by atoms with Crippen molar-refractivity contribution in [2.75, 3.05) is 11.4 Å². The predicted molar refractivity (Wildman–Crippen MR) is 67.4 cm³/mol. The van der Waals surface area contributed by atoms with Gasteiger partial charge in [-0.15, -0.1) is 0 Å². The van der Waals surface area contributed by atoms with E-state index in [9.17, 15) is 9.59 Å². The van der Waals surface area contributed by atoms with Crippen molar-refractivity contribution in [2.24, 2.45) is 0 Å². The van der Waals surface area contributed by atoms with Crippen molar-refractivity contribution in [3.63, 3.8) is 0 Å². The molecule has 0 spiro atoms. The number of fused-ring (bicyclic) bond motifs is 1. The lowest BCUT2D eigenvalue weighted by atomic mass is 10.2. The molecule has 3 rings (SSSR count). The zero-order chi connectivity index (χ0) is 13.4. The first-order valence-electron chi connectivity index (χ1n) is 5.85. The summed E-state index contributed by atoms with van der Waals surface area (Å²) in [6, 6.07) is 8.92. The average molecular weight is 257 g/mol. The molecule has 2 N–H and O–H groups in total. The number of carbonyl (C=O) groups excluding carboxylic acids is 1. The molecule has 2 aromatic rings. The first-order valence-corrected chi connectivity index (χ1v) is 5.85. The molecule has 6 nitrogen and oxygen atoms in total. The van der Waals surface area contributed by atoms with Crippen LogP contribution in [0.15, 0.2) is 30.3 Å². The van der Waals surface area contributed by atoms with Gasteiger partial charge in [0.15, 0.2) is 5.69 Å². The number of aromatic amines is 1. The standard InChI is InChI=1S/C13H11N3O3/c17-12(9-7-10(13(18)19)15-14-9)16-6-5-8-3-1-2-4-11(8)16/h1-4,7H,5-6H2,(H,14,15)(H,18,19).